The molecular weight excluding hydrogens is 200 g/mol. The lowest BCUT2D eigenvalue weighted by molar-refractivity contribution is 0.111. The highest BCUT2D eigenvalue weighted by molar-refractivity contribution is 5.76. The van der Waals surface area contributed by atoms with Crippen LogP contribution in [0.1, 0.15) is 23.2 Å². The highest BCUT2D eigenvalue weighted by Gasteiger charge is 2.18. The van der Waals surface area contributed by atoms with E-state index in [9.17, 15) is 13.6 Å². The number of halogens is 2. The molecule has 0 bridgehead atoms. The predicted molar refractivity (Wildman–Crippen MR) is 53.2 cm³/mol. The molecule has 2 rings (SSSR count). The van der Waals surface area contributed by atoms with Gasteiger partial charge in [0.1, 0.15) is 11.6 Å². The molecule has 0 unspecified atom stereocenters. The lowest BCUT2D eigenvalue weighted by atomic mass is 10.2. The van der Waals surface area contributed by atoms with E-state index in [2.05, 4.69) is 0 Å². The van der Waals surface area contributed by atoms with Gasteiger partial charge in [-0.05, 0) is 18.9 Å². The lowest BCUT2D eigenvalue weighted by Crippen LogP contribution is -2.19. The van der Waals surface area contributed by atoms with Gasteiger partial charge in [0.25, 0.3) is 0 Å². The van der Waals surface area contributed by atoms with Crippen LogP contribution >= 0.6 is 0 Å². The van der Waals surface area contributed by atoms with Gasteiger partial charge in [0.15, 0.2) is 6.29 Å². The van der Waals surface area contributed by atoms with Crippen LogP contribution in [0.4, 0.5) is 14.5 Å². The summed E-state index contributed by atoms with van der Waals surface area (Å²) in [5.74, 6) is -1.19. The Bertz CT molecular complexity index is 386. The van der Waals surface area contributed by atoms with E-state index in [-0.39, 0.29) is 11.3 Å². The fourth-order valence-corrected chi connectivity index (χ4v) is 1.84. The fraction of sp³-hybridized carbons (Fsp3) is 0.364. The van der Waals surface area contributed by atoms with Crippen LogP contribution in [0.5, 0.6) is 0 Å². The molecule has 2 nitrogen and oxygen atoms in total. The molecule has 0 aliphatic carbocycles. The van der Waals surface area contributed by atoms with Crippen LogP contribution < -0.4 is 4.90 Å². The van der Waals surface area contributed by atoms with E-state index in [0.717, 1.165) is 38.1 Å². The molecule has 15 heavy (non-hydrogen) atoms. The van der Waals surface area contributed by atoms with Crippen molar-refractivity contribution in [3.63, 3.8) is 0 Å². The first-order valence-corrected chi connectivity index (χ1v) is 4.91. The standard InChI is InChI=1S/C11H11F2NO/c12-9-6-11(14-3-1-2-4-14)10(13)5-8(9)7-15/h5-7H,1-4H2. The number of hydrogen-bond donors (Lipinski definition) is 0. The molecule has 1 saturated heterocycles. The SMILES string of the molecule is O=Cc1cc(F)c(N2CCCC2)cc1F. The van der Waals surface area contributed by atoms with Crippen molar-refractivity contribution in [1.29, 1.82) is 0 Å². The predicted octanol–water partition coefficient (Wildman–Crippen LogP) is 2.38. The summed E-state index contributed by atoms with van der Waals surface area (Å²) < 4.78 is 26.8. The molecule has 0 atom stereocenters. The third kappa shape index (κ3) is 1.84. The molecular formula is C11H11F2NO. The first-order chi connectivity index (χ1) is 7.22. The summed E-state index contributed by atoms with van der Waals surface area (Å²) in [4.78, 5) is 12.2. The van der Waals surface area contributed by atoms with Crippen LogP contribution in [0.2, 0.25) is 0 Å². The number of benzene rings is 1. The van der Waals surface area contributed by atoms with E-state index < -0.39 is 11.6 Å². The van der Waals surface area contributed by atoms with E-state index in [4.69, 9.17) is 0 Å². The maximum absolute atomic E-state index is 13.5. The molecule has 1 aromatic rings. The van der Waals surface area contributed by atoms with Crippen molar-refractivity contribution < 1.29 is 13.6 Å². The van der Waals surface area contributed by atoms with Crippen LogP contribution in [0, 0.1) is 11.6 Å². The summed E-state index contributed by atoms with van der Waals surface area (Å²) in [6.45, 7) is 1.49. The molecule has 80 valence electrons. The van der Waals surface area contributed by atoms with Crippen molar-refractivity contribution in [2.45, 2.75) is 12.8 Å². The van der Waals surface area contributed by atoms with Crippen LogP contribution in [0.25, 0.3) is 0 Å². The molecule has 1 aliphatic heterocycles. The third-order valence-corrected chi connectivity index (χ3v) is 2.64. The summed E-state index contributed by atoms with van der Waals surface area (Å²) in [6, 6.07) is 2.06. The monoisotopic (exact) mass is 211 g/mol. The van der Waals surface area contributed by atoms with Gasteiger partial charge in [0.2, 0.25) is 0 Å². The average Bonchev–Trinajstić information content (AvgIpc) is 2.74. The van der Waals surface area contributed by atoms with Gasteiger partial charge in [-0.3, -0.25) is 4.79 Å². The summed E-state index contributed by atoms with van der Waals surface area (Å²) in [7, 11) is 0. The minimum absolute atomic E-state index is 0.226. The molecule has 0 N–H and O–H groups in total. The Hall–Kier alpha value is -1.45. The van der Waals surface area contributed by atoms with Crippen molar-refractivity contribution in [3.8, 4) is 0 Å². The molecule has 0 aromatic heterocycles. The number of aldehydes is 1. The quantitative estimate of drug-likeness (QED) is 0.700. The summed E-state index contributed by atoms with van der Waals surface area (Å²) in [5, 5.41) is 0. The molecule has 0 spiro atoms. The number of rotatable bonds is 2. The Balaban J connectivity index is 2.39. The molecule has 1 fully saturated rings. The highest BCUT2D eigenvalue weighted by atomic mass is 19.1. The second kappa shape index (κ2) is 3.96. The van der Waals surface area contributed by atoms with Gasteiger partial charge >= 0.3 is 0 Å². The maximum atomic E-state index is 13.5. The molecule has 0 saturated carbocycles. The zero-order valence-electron chi connectivity index (χ0n) is 8.17. The Morgan fingerprint density at radius 1 is 1.13 bits per heavy atom. The maximum Gasteiger partial charge on any atom is 0.153 e. The van der Waals surface area contributed by atoms with E-state index in [1.54, 1.807) is 4.90 Å². The van der Waals surface area contributed by atoms with Crippen LogP contribution in [0.15, 0.2) is 12.1 Å². The van der Waals surface area contributed by atoms with Crippen molar-refractivity contribution in [3.05, 3.63) is 29.3 Å². The summed E-state index contributed by atoms with van der Waals surface area (Å²) >= 11 is 0. The van der Waals surface area contributed by atoms with Crippen LogP contribution in [-0.2, 0) is 0 Å². The van der Waals surface area contributed by atoms with Gasteiger partial charge in [-0.1, -0.05) is 0 Å². The lowest BCUT2D eigenvalue weighted by Gasteiger charge is -2.18. The number of hydrogen-bond acceptors (Lipinski definition) is 2. The van der Waals surface area contributed by atoms with Gasteiger partial charge in [-0.25, -0.2) is 8.78 Å². The second-order valence-corrected chi connectivity index (χ2v) is 3.64. The van der Waals surface area contributed by atoms with Crippen molar-refractivity contribution in [1.82, 2.24) is 0 Å². The molecule has 0 radical (unpaired) electrons. The Kier molecular flexibility index (Phi) is 2.66. The van der Waals surface area contributed by atoms with E-state index >= 15 is 0 Å². The van der Waals surface area contributed by atoms with Crippen LogP contribution in [-0.4, -0.2) is 19.4 Å². The smallest absolute Gasteiger partial charge is 0.153 e. The Labute approximate surface area is 86.5 Å². The van der Waals surface area contributed by atoms with Crippen LogP contribution in [0.3, 0.4) is 0 Å². The minimum atomic E-state index is -0.659. The van der Waals surface area contributed by atoms with Gasteiger partial charge in [-0.2, -0.15) is 0 Å². The first-order valence-electron chi connectivity index (χ1n) is 4.91. The van der Waals surface area contributed by atoms with Crippen molar-refractivity contribution in [2.24, 2.45) is 0 Å². The first kappa shape index (κ1) is 10.1. The number of anilines is 1. The van der Waals surface area contributed by atoms with Gasteiger partial charge < -0.3 is 4.90 Å². The Morgan fingerprint density at radius 3 is 2.40 bits per heavy atom. The molecule has 0 amide bonds. The molecule has 1 aliphatic rings. The minimum Gasteiger partial charge on any atom is -0.369 e. The van der Waals surface area contributed by atoms with Gasteiger partial charge in [-0.15, -0.1) is 0 Å². The molecule has 1 heterocycles. The summed E-state index contributed by atoms with van der Waals surface area (Å²) in [6.07, 6.45) is 2.32. The van der Waals surface area contributed by atoms with E-state index in [1.165, 1.54) is 0 Å². The highest BCUT2D eigenvalue weighted by Crippen LogP contribution is 2.25. The van der Waals surface area contributed by atoms with Gasteiger partial charge in [0, 0.05) is 19.2 Å². The average molecular weight is 211 g/mol. The topological polar surface area (TPSA) is 20.3 Å². The summed E-state index contributed by atoms with van der Waals surface area (Å²) in [5.41, 5.74) is 0.0334. The largest absolute Gasteiger partial charge is 0.369 e. The third-order valence-electron chi connectivity index (χ3n) is 2.64. The van der Waals surface area contributed by atoms with Gasteiger partial charge in [0.05, 0.1) is 11.3 Å². The fourth-order valence-electron chi connectivity index (χ4n) is 1.84. The zero-order chi connectivity index (χ0) is 10.8. The second-order valence-electron chi connectivity index (χ2n) is 3.64. The number of carbonyl (C=O) groups excluding carboxylic acids is 1. The zero-order valence-corrected chi connectivity index (χ0v) is 8.17. The van der Waals surface area contributed by atoms with E-state index in [1.807, 2.05) is 0 Å². The molecule has 4 heteroatoms. The Morgan fingerprint density at radius 2 is 1.80 bits per heavy atom. The molecule has 1 aromatic carbocycles. The van der Waals surface area contributed by atoms with E-state index in [0.29, 0.717) is 6.29 Å². The normalized spacial score (nSPS) is 15.7. The number of carbonyl (C=O) groups is 1. The van der Waals surface area contributed by atoms with Crippen molar-refractivity contribution >= 4 is 12.0 Å². The number of nitrogens with zero attached hydrogens (tertiary/aromatic N) is 1. The van der Waals surface area contributed by atoms with Crippen molar-refractivity contribution in [2.75, 3.05) is 18.0 Å².